The first-order valence-corrected chi connectivity index (χ1v) is 7.89. The Morgan fingerprint density at radius 2 is 2.17 bits per heavy atom. The highest BCUT2D eigenvalue weighted by atomic mass is 35.5. The molecule has 24 heavy (non-hydrogen) atoms. The van der Waals surface area contributed by atoms with Crippen LogP contribution >= 0.6 is 11.6 Å². The molecule has 0 fully saturated rings. The number of nitro groups is 1. The van der Waals surface area contributed by atoms with Gasteiger partial charge in [0.1, 0.15) is 0 Å². The Hall–Kier alpha value is -2.19. The lowest BCUT2D eigenvalue weighted by atomic mass is 10.1. The molecule has 0 spiro atoms. The van der Waals surface area contributed by atoms with Crippen LogP contribution in [0.3, 0.4) is 0 Å². The Morgan fingerprint density at radius 1 is 1.46 bits per heavy atom. The predicted octanol–water partition coefficient (Wildman–Crippen LogP) is 2.64. The maximum Gasteiger partial charge on any atom is 0.305 e. The molecule has 1 aromatic carbocycles. The minimum Gasteiger partial charge on any atom is -0.466 e. The number of nitrogens with two attached hydrogens (primary N) is 1. The molecule has 0 bridgehead atoms. The lowest BCUT2D eigenvalue weighted by Crippen LogP contribution is -2.36. The summed E-state index contributed by atoms with van der Waals surface area (Å²) < 4.78 is 4.97. The van der Waals surface area contributed by atoms with Gasteiger partial charge in [-0.15, -0.1) is 0 Å². The molecule has 1 aromatic rings. The maximum atomic E-state index is 12.0. The van der Waals surface area contributed by atoms with Gasteiger partial charge < -0.3 is 15.8 Å². The minimum atomic E-state index is -0.921. The number of unbranched alkanes of at least 4 members (excludes halogenated alkanes) is 1. The summed E-state index contributed by atoms with van der Waals surface area (Å²) in [6.45, 7) is 2.34. The number of ether oxygens (including phenoxy) is 1. The highest BCUT2D eigenvalue weighted by Gasteiger charge is 2.18. The molecule has 0 aliphatic heterocycles. The van der Waals surface area contributed by atoms with Crippen LogP contribution in [0.15, 0.2) is 18.2 Å². The number of nitrogens with zero attached hydrogens (tertiary/aromatic N) is 1. The molecule has 0 aliphatic carbocycles. The van der Waals surface area contributed by atoms with E-state index in [0.717, 1.165) is 18.9 Å². The molecule has 0 aliphatic rings. The Balaban J connectivity index is 2.49. The number of carbonyl (C=O) groups is 2. The standard InChI is InChI=1S/C15H20ClN3O5/c1-2-3-8-24-14(20)7-5-12(17)15(21)18-13-6-4-10(19(22)23)9-11(13)16/h4,6,9,12H,2-3,5,7-8,17H2,1H3,(H,18,21). The number of nitro benzene ring substituents is 1. The fourth-order valence-corrected chi connectivity index (χ4v) is 1.97. The molecule has 8 nitrogen and oxygen atoms in total. The zero-order chi connectivity index (χ0) is 18.1. The van der Waals surface area contributed by atoms with E-state index in [9.17, 15) is 19.7 Å². The molecule has 1 atom stereocenters. The van der Waals surface area contributed by atoms with E-state index in [2.05, 4.69) is 5.32 Å². The van der Waals surface area contributed by atoms with Crippen molar-refractivity contribution in [1.82, 2.24) is 0 Å². The van der Waals surface area contributed by atoms with Gasteiger partial charge in [-0.3, -0.25) is 19.7 Å². The number of nitrogens with one attached hydrogen (secondary N) is 1. The topological polar surface area (TPSA) is 125 Å². The number of hydrogen-bond donors (Lipinski definition) is 2. The Morgan fingerprint density at radius 3 is 2.75 bits per heavy atom. The SMILES string of the molecule is CCCCOC(=O)CCC(N)C(=O)Nc1ccc([N+](=O)[O-])cc1Cl. The van der Waals surface area contributed by atoms with Crippen LogP contribution in [0.1, 0.15) is 32.6 Å². The van der Waals surface area contributed by atoms with Gasteiger partial charge in [0.05, 0.1) is 28.3 Å². The van der Waals surface area contributed by atoms with E-state index in [1.807, 2.05) is 6.92 Å². The Labute approximate surface area is 144 Å². The van der Waals surface area contributed by atoms with Gasteiger partial charge in [0.15, 0.2) is 0 Å². The van der Waals surface area contributed by atoms with Crippen molar-refractivity contribution >= 4 is 34.9 Å². The van der Waals surface area contributed by atoms with Crippen molar-refractivity contribution in [3.8, 4) is 0 Å². The third-order valence-corrected chi connectivity index (χ3v) is 3.49. The summed E-state index contributed by atoms with van der Waals surface area (Å²) in [6.07, 6.45) is 1.87. The van der Waals surface area contributed by atoms with E-state index < -0.39 is 22.8 Å². The molecule has 0 heterocycles. The second-order valence-electron chi connectivity index (χ2n) is 5.13. The number of hydrogen-bond acceptors (Lipinski definition) is 6. The van der Waals surface area contributed by atoms with E-state index in [0.29, 0.717) is 6.61 Å². The molecule has 1 unspecified atom stereocenters. The number of non-ortho nitro benzene ring substituents is 1. The number of rotatable bonds is 9. The van der Waals surface area contributed by atoms with Gasteiger partial charge in [-0.1, -0.05) is 24.9 Å². The van der Waals surface area contributed by atoms with Crippen LogP contribution in [0.25, 0.3) is 0 Å². The van der Waals surface area contributed by atoms with Crippen molar-refractivity contribution in [2.24, 2.45) is 5.73 Å². The fourth-order valence-electron chi connectivity index (χ4n) is 1.75. The third-order valence-electron chi connectivity index (χ3n) is 3.18. The predicted molar refractivity (Wildman–Crippen MR) is 89.8 cm³/mol. The van der Waals surface area contributed by atoms with Crippen molar-refractivity contribution < 1.29 is 19.2 Å². The molecular formula is C15H20ClN3O5. The zero-order valence-electron chi connectivity index (χ0n) is 13.3. The van der Waals surface area contributed by atoms with Crippen LogP contribution < -0.4 is 11.1 Å². The average molecular weight is 358 g/mol. The molecule has 0 radical (unpaired) electrons. The summed E-state index contributed by atoms with van der Waals surface area (Å²) in [5, 5.41) is 13.1. The molecule has 0 saturated heterocycles. The Kier molecular flexibility index (Phi) is 8.14. The Bertz CT molecular complexity index is 609. The van der Waals surface area contributed by atoms with Crippen molar-refractivity contribution in [2.45, 2.75) is 38.6 Å². The van der Waals surface area contributed by atoms with E-state index in [1.54, 1.807) is 0 Å². The van der Waals surface area contributed by atoms with E-state index in [-0.39, 0.29) is 29.2 Å². The quantitative estimate of drug-likeness (QED) is 0.303. The molecule has 0 aromatic heterocycles. The van der Waals surface area contributed by atoms with Crippen LogP contribution in [-0.4, -0.2) is 29.4 Å². The molecule has 1 amide bonds. The van der Waals surface area contributed by atoms with Crippen LogP contribution in [0.2, 0.25) is 5.02 Å². The van der Waals surface area contributed by atoms with Crippen molar-refractivity contribution in [3.05, 3.63) is 33.3 Å². The van der Waals surface area contributed by atoms with Crippen molar-refractivity contribution in [1.29, 1.82) is 0 Å². The number of carbonyl (C=O) groups excluding carboxylic acids is 2. The van der Waals surface area contributed by atoms with Gasteiger partial charge in [-0.25, -0.2) is 0 Å². The first-order chi connectivity index (χ1) is 11.3. The highest BCUT2D eigenvalue weighted by molar-refractivity contribution is 6.34. The van der Waals surface area contributed by atoms with Gasteiger partial charge in [-0.2, -0.15) is 0 Å². The lowest BCUT2D eigenvalue weighted by Gasteiger charge is -2.13. The number of halogens is 1. The average Bonchev–Trinajstić information content (AvgIpc) is 2.54. The minimum absolute atomic E-state index is 0.0312. The summed E-state index contributed by atoms with van der Waals surface area (Å²) in [7, 11) is 0. The molecule has 3 N–H and O–H groups in total. The number of esters is 1. The normalized spacial score (nSPS) is 11.6. The van der Waals surface area contributed by atoms with Crippen molar-refractivity contribution in [2.75, 3.05) is 11.9 Å². The van der Waals surface area contributed by atoms with Gasteiger partial charge in [0, 0.05) is 18.6 Å². The second-order valence-corrected chi connectivity index (χ2v) is 5.54. The van der Waals surface area contributed by atoms with Gasteiger partial charge >= 0.3 is 5.97 Å². The third kappa shape index (κ3) is 6.51. The van der Waals surface area contributed by atoms with Crippen LogP contribution in [-0.2, 0) is 14.3 Å². The fraction of sp³-hybridized carbons (Fsp3) is 0.467. The van der Waals surface area contributed by atoms with E-state index in [4.69, 9.17) is 22.1 Å². The van der Waals surface area contributed by atoms with Gasteiger partial charge in [0.25, 0.3) is 5.69 Å². The van der Waals surface area contributed by atoms with Crippen LogP contribution in [0.4, 0.5) is 11.4 Å². The summed E-state index contributed by atoms with van der Waals surface area (Å²) in [6, 6.07) is 2.76. The first-order valence-electron chi connectivity index (χ1n) is 7.51. The van der Waals surface area contributed by atoms with E-state index >= 15 is 0 Å². The summed E-state index contributed by atoms with van der Waals surface area (Å²) >= 11 is 5.89. The molecule has 9 heteroatoms. The summed E-state index contributed by atoms with van der Waals surface area (Å²) in [5.74, 6) is -0.938. The van der Waals surface area contributed by atoms with Crippen LogP contribution in [0, 0.1) is 10.1 Å². The zero-order valence-corrected chi connectivity index (χ0v) is 14.0. The van der Waals surface area contributed by atoms with Gasteiger partial charge in [0.2, 0.25) is 5.91 Å². The molecule has 0 saturated carbocycles. The smallest absolute Gasteiger partial charge is 0.305 e. The second kappa shape index (κ2) is 9.84. The number of benzene rings is 1. The summed E-state index contributed by atoms with van der Waals surface area (Å²) in [5.41, 5.74) is 5.76. The summed E-state index contributed by atoms with van der Waals surface area (Å²) in [4.78, 5) is 33.5. The van der Waals surface area contributed by atoms with E-state index in [1.165, 1.54) is 12.1 Å². The monoisotopic (exact) mass is 357 g/mol. The van der Waals surface area contributed by atoms with Gasteiger partial charge in [-0.05, 0) is 18.9 Å². The first kappa shape index (κ1) is 19.9. The maximum absolute atomic E-state index is 12.0. The largest absolute Gasteiger partial charge is 0.466 e. The molecular weight excluding hydrogens is 338 g/mol. The number of amides is 1. The van der Waals surface area contributed by atoms with Crippen LogP contribution in [0.5, 0.6) is 0 Å². The number of anilines is 1. The lowest BCUT2D eigenvalue weighted by molar-refractivity contribution is -0.384. The molecule has 132 valence electrons. The van der Waals surface area contributed by atoms with Crippen molar-refractivity contribution in [3.63, 3.8) is 0 Å². The highest BCUT2D eigenvalue weighted by Crippen LogP contribution is 2.26. The molecule has 1 rings (SSSR count).